The van der Waals surface area contributed by atoms with Crippen molar-refractivity contribution in [2.24, 2.45) is 0 Å². The summed E-state index contributed by atoms with van der Waals surface area (Å²) in [4.78, 5) is 12.0. The van der Waals surface area contributed by atoms with E-state index in [9.17, 15) is 4.79 Å². The first kappa shape index (κ1) is 15.9. The van der Waals surface area contributed by atoms with Crippen molar-refractivity contribution in [1.29, 1.82) is 0 Å². The molecule has 0 saturated carbocycles. The van der Waals surface area contributed by atoms with Gasteiger partial charge in [0.05, 0.1) is 12.8 Å². The van der Waals surface area contributed by atoms with Crippen LogP contribution >= 0.6 is 0 Å². The normalized spacial score (nSPS) is 10.5. The van der Waals surface area contributed by atoms with E-state index in [1.54, 1.807) is 13.2 Å². The summed E-state index contributed by atoms with van der Waals surface area (Å²) in [5, 5.41) is 10.9. The van der Waals surface area contributed by atoms with Gasteiger partial charge in [-0.2, -0.15) is 5.10 Å². The Morgan fingerprint density at radius 3 is 2.59 bits per heavy atom. The number of para-hydroxylation sites is 1. The van der Waals surface area contributed by atoms with Gasteiger partial charge in [-0.25, -0.2) is 0 Å². The number of methoxy groups -OCH3 is 1. The molecule has 1 aromatic carbocycles. The van der Waals surface area contributed by atoms with Crippen molar-refractivity contribution < 1.29 is 9.53 Å². The number of carbonyl (C=O) groups is 1. The van der Waals surface area contributed by atoms with Crippen molar-refractivity contribution in [3.63, 3.8) is 0 Å². The number of hydrogen-bond donors (Lipinski definition) is 1. The molecule has 0 radical (unpaired) electrons. The fraction of sp³-hybridized carbons (Fsp3) is 0.353. The van der Waals surface area contributed by atoms with Gasteiger partial charge in [-0.3, -0.25) is 4.79 Å². The van der Waals surface area contributed by atoms with Gasteiger partial charge < -0.3 is 10.1 Å². The Hall–Kier alpha value is -2.43. The number of benzene rings is 1. The SMILES string of the molecule is COc1ccccc1CCNC(=O)c1ccc(C(C)C)nn1. The summed E-state index contributed by atoms with van der Waals surface area (Å²) in [6.07, 6.45) is 0.702. The highest BCUT2D eigenvalue weighted by Crippen LogP contribution is 2.17. The molecule has 1 heterocycles. The molecule has 1 aromatic heterocycles. The first-order chi connectivity index (χ1) is 10.6. The summed E-state index contributed by atoms with van der Waals surface area (Å²) in [5.41, 5.74) is 2.28. The van der Waals surface area contributed by atoms with Gasteiger partial charge in [0.2, 0.25) is 0 Å². The maximum atomic E-state index is 12.0. The summed E-state index contributed by atoms with van der Waals surface area (Å²) in [6, 6.07) is 11.3. The van der Waals surface area contributed by atoms with Crippen molar-refractivity contribution in [2.75, 3.05) is 13.7 Å². The van der Waals surface area contributed by atoms with E-state index in [4.69, 9.17) is 4.74 Å². The predicted octanol–water partition coefficient (Wildman–Crippen LogP) is 2.58. The van der Waals surface area contributed by atoms with E-state index in [-0.39, 0.29) is 5.91 Å². The average Bonchev–Trinajstić information content (AvgIpc) is 2.55. The summed E-state index contributed by atoms with van der Waals surface area (Å²) in [5.74, 6) is 0.922. The second-order valence-electron chi connectivity index (χ2n) is 5.32. The third kappa shape index (κ3) is 4.04. The van der Waals surface area contributed by atoms with Crippen LogP contribution in [-0.2, 0) is 6.42 Å². The summed E-state index contributed by atoms with van der Waals surface area (Å²) >= 11 is 0. The van der Waals surface area contributed by atoms with Crippen molar-refractivity contribution >= 4 is 5.91 Å². The second kappa shape index (κ2) is 7.54. The molecule has 0 atom stereocenters. The molecule has 0 saturated heterocycles. The van der Waals surface area contributed by atoms with E-state index in [0.29, 0.717) is 24.6 Å². The Kier molecular flexibility index (Phi) is 5.47. The first-order valence-corrected chi connectivity index (χ1v) is 7.35. The molecule has 22 heavy (non-hydrogen) atoms. The molecule has 0 fully saturated rings. The molecule has 2 rings (SSSR count). The van der Waals surface area contributed by atoms with Crippen LogP contribution in [0.25, 0.3) is 0 Å². The highest BCUT2D eigenvalue weighted by atomic mass is 16.5. The van der Waals surface area contributed by atoms with E-state index in [1.807, 2.05) is 44.2 Å². The minimum atomic E-state index is -0.210. The molecule has 5 nitrogen and oxygen atoms in total. The number of ether oxygens (including phenoxy) is 1. The van der Waals surface area contributed by atoms with Crippen LogP contribution in [0.15, 0.2) is 36.4 Å². The lowest BCUT2D eigenvalue weighted by atomic mass is 10.1. The van der Waals surface area contributed by atoms with Gasteiger partial charge in [0, 0.05) is 6.54 Å². The van der Waals surface area contributed by atoms with Crippen molar-refractivity contribution in [2.45, 2.75) is 26.2 Å². The highest BCUT2D eigenvalue weighted by Gasteiger charge is 2.09. The maximum absolute atomic E-state index is 12.0. The zero-order valence-electron chi connectivity index (χ0n) is 13.2. The maximum Gasteiger partial charge on any atom is 0.271 e. The van der Waals surface area contributed by atoms with Crippen molar-refractivity contribution in [3.8, 4) is 5.75 Å². The Bertz CT molecular complexity index is 624. The van der Waals surface area contributed by atoms with Gasteiger partial charge in [-0.05, 0) is 36.1 Å². The van der Waals surface area contributed by atoms with Crippen LogP contribution in [0.4, 0.5) is 0 Å². The largest absolute Gasteiger partial charge is 0.496 e. The summed E-state index contributed by atoms with van der Waals surface area (Å²) in [6.45, 7) is 4.60. The van der Waals surface area contributed by atoms with E-state index in [1.165, 1.54) is 0 Å². The van der Waals surface area contributed by atoms with Gasteiger partial charge in [0.15, 0.2) is 5.69 Å². The molecular weight excluding hydrogens is 278 g/mol. The smallest absolute Gasteiger partial charge is 0.271 e. The van der Waals surface area contributed by atoms with Gasteiger partial charge in [-0.1, -0.05) is 32.0 Å². The Morgan fingerprint density at radius 2 is 1.95 bits per heavy atom. The van der Waals surface area contributed by atoms with E-state index in [0.717, 1.165) is 17.0 Å². The first-order valence-electron chi connectivity index (χ1n) is 7.35. The van der Waals surface area contributed by atoms with Gasteiger partial charge in [-0.15, -0.1) is 5.10 Å². The van der Waals surface area contributed by atoms with Gasteiger partial charge >= 0.3 is 0 Å². The lowest BCUT2D eigenvalue weighted by Gasteiger charge is -2.09. The molecule has 2 aromatic rings. The van der Waals surface area contributed by atoms with Gasteiger partial charge in [0.1, 0.15) is 5.75 Å². The number of nitrogens with zero attached hydrogens (tertiary/aromatic N) is 2. The van der Waals surface area contributed by atoms with Crippen LogP contribution in [0.5, 0.6) is 5.75 Å². The lowest BCUT2D eigenvalue weighted by molar-refractivity contribution is 0.0948. The average molecular weight is 299 g/mol. The van der Waals surface area contributed by atoms with Crippen LogP contribution < -0.4 is 10.1 Å². The topological polar surface area (TPSA) is 64.1 Å². The fourth-order valence-electron chi connectivity index (χ4n) is 2.08. The van der Waals surface area contributed by atoms with Crippen molar-refractivity contribution in [3.05, 3.63) is 53.3 Å². The monoisotopic (exact) mass is 299 g/mol. The highest BCUT2D eigenvalue weighted by molar-refractivity contribution is 5.92. The number of aromatic nitrogens is 2. The zero-order chi connectivity index (χ0) is 15.9. The van der Waals surface area contributed by atoms with Gasteiger partial charge in [0.25, 0.3) is 5.91 Å². The number of rotatable bonds is 6. The molecule has 116 valence electrons. The molecule has 0 aliphatic heterocycles. The molecule has 0 bridgehead atoms. The number of amides is 1. The fourth-order valence-corrected chi connectivity index (χ4v) is 2.08. The van der Waals surface area contributed by atoms with Crippen LogP contribution in [0.2, 0.25) is 0 Å². The molecular formula is C17H21N3O2. The Labute approximate surface area is 130 Å². The van der Waals surface area contributed by atoms with Crippen LogP contribution in [0.1, 0.15) is 41.5 Å². The van der Waals surface area contributed by atoms with Crippen LogP contribution in [0.3, 0.4) is 0 Å². The third-order valence-corrected chi connectivity index (χ3v) is 3.38. The summed E-state index contributed by atoms with van der Waals surface area (Å²) in [7, 11) is 1.64. The quantitative estimate of drug-likeness (QED) is 0.890. The molecule has 0 aliphatic rings. The minimum absolute atomic E-state index is 0.210. The van der Waals surface area contributed by atoms with E-state index in [2.05, 4.69) is 15.5 Å². The minimum Gasteiger partial charge on any atom is -0.496 e. The standard InChI is InChI=1S/C17H21N3O2/c1-12(2)14-8-9-15(20-19-14)17(21)18-11-10-13-6-4-5-7-16(13)22-3/h4-9,12H,10-11H2,1-3H3,(H,18,21). The zero-order valence-corrected chi connectivity index (χ0v) is 13.2. The van der Waals surface area contributed by atoms with Crippen LogP contribution in [0, 0.1) is 0 Å². The Morgan fingerprint density at radius 1 is 1.18 bits per heavy atom. The third-order valence-electron chi connectivity index (χ3n) is 3.38. The molecule has 1 amide bonds. The second-order valence-corrected chi connectivity index (χ2v) is 5.32. The Balaban J connectivity index is 1.90. The summed E-state index contributed by atoms with van der Waals surface area (Å²) < 4.78 is 5.29. The molecule has 0 spiro atoms. The predicted molar refractivity (Wildman–Crippen MR) is 85.2 cm³/mol. The van der Waals surface area contributed by atoms with Crippen molar-refractivity contribution in [1.82, 2.24) is 15.5 Å². The van der Waals surface area contributed by atoms with E-state index >= 15 is 0 Å². The number of carbonyl (C=O) groups excluding carboxylic acids is 1. The molecule has 0 unspecified atom stereocenters. The number of hydrogen-bond acceptors (Lipinski definition) is 4. The molecule has 5 heteroatoms. The van der Waals surface area contributed by atoms with Crippen LogP contribution in [-0.4, -0.2) is 29.8 Å². The molecule has 0 aliphatic carbocycles. The lowest BCUT2D eigenvalue weighted by Crippen LogP contribution is -2.27. The van der Waals surface area contributed by atoms with E-state index < -0.39 is 0 Å². The number of nitrogens with one attached hydrogen (secondary N) is 1. The molecule has 1 N–H and O–H groups in total.